The van der Waals surface area contributed by atoms with Crippen LogP contribution >= 0.6 is 0 Å². The highest BCUT2D eigenvalue weighted by molar-refractivity contribution is 5.28. The van der Waals surface area contributed by atoms with E-state index in [9.17, 15) is 4.39 Å². The Kier molecular flexibility index (Phi) is 3.47. The van der Waals surface area contributed by atoms with Gasteiger partial charge in [-0.1, -0.05) is 6.07 Å². The Balaban J connectivity index is 2.73. The standard InChI is InChI=1S/C11H16FNO/c1-7-4-5-10(6-11(7)12)14-9(3)8(2)13/h4-6,8-9H,13H2,1-3H3. The average molecular weight is 197 g/mol. The second kappa shape index (κ2) is 4.42. The molecule has 0 heterocycles. The van der Waals surface area contributed by atoms with Gasteiger partial charge in [-0.15, -0.1) is 0 Å². The van der Waals surface area contributed by atoms with E-state index < -0.39 is 0 Å². The van der Waals surface area contributed by atoms with Crippen LogP contribution in [0, 0.1) is 12.7 Å². The van der Waals surface area contributed by atoms with E-state index >= 15 is 0 Å². The minimum Gasteiger partial charge on any atom is -0.489 e. The van der Waals surface area contributed by atoms with Crippen LogP contribution < -0.4 is 10.5 Å². The maximum atomic E-state index is 13.1. The lowest BCUT2D eigenvalue weighted by Gasteiger charge is -2.18. The fourth-order valence-corrected chi connectivity index (χ4v) is 0.969. The molecule has 1 aromatic carbocycles. The minimum absolute atomic E-state index is 0.0700. The Morgan fingerprint density at radius 1 is 1.36 bits per heavy atom. The zero-order valence-electron chi connectivity index (χ0n) is 8.75. The first-order chi connectivity index (χ1) is 6.50. The summed E-state index contributed by atoms with van der Waals surface area (Å²) >= 11 is 0. The van der Waals surface area contributed by atoms with Crippen molar-refractivity contribution in [1.82, 2.24) is 0 Å². The lowest BCUT2D eigenvalue weighted by Crippen LogP contribution is -2.33. The van der Waals surface area contributed by atoms with Crippen molar-refractivity contribution in [2.75, 3.05) is 0 Å². The summed E-state index contributed by atoms with van der Waals surface area (Å²) in [5.74, 6) is 0.275. The normalized spacial score (nSPS) is 14.9. The molecule has 2 N–H and O–H groups in total. The summed E-state index contributed by atoms with van der Waals surface area (Å²) in [6.07, 6.45) is -0.114. The number of ether oxygens (including phenoxy) is 1. The van der Waals surface area contributed by atoms with E-state index in [1.807, 2.05) is 13.8 Å². The monoisotopic (exact) mass is 197 g/mol. The summed E-state index contributed by atoms with van der Waals surface area (Å²) in [6.45, 7) is 5.44. The van der Waals surface area contributed by atoms with Gasteiger partial charge in [0.15, 0.2) is 0 Å². The molecule has 0 aliphatic heterocycles. The van der Waals surface area contributed by atoms with Crippen LogP contribution in [0.25, 0.3) is 0 Å². The van der Waals surface area contributed by atoms with E-state index in [2.05, 4.69) is 0 Å². The van der Waals surface area contributed by atoms with E-state index in [1.165, 1.54) is 6.07 Å². The largest absolute Gasteiger partial charge is 0.489 e. The minimum atomic E-state index is -0.251. The maximum absolute atomic E-state index is 13.1. The molecule has 2 atom stereocenters. The van der Waals surface area contributed by atoms with Crippen molar-refractivity contribution in [3.63, 3.8) is 0 Å². The van der Waals surface area contributed by atoms with Crippen molar-refractivity contribution in [3.05, 3.63) is 29.6 Å². The van der Waals surface area contributed by atoms with Gasteiger partial charge in [0.2, 0.25) is 0 Å². The van der Waals surface area contributed by atoms with Crippen LogP contribution in [-0.2, 0) is 0 Å². The molecule has 0 saturated heterocycles. The van der Waals surface area contributed by atoms with Gasteiger partial charge >= 0.3 is 0 Å². The highest BCUT2D eigenvalue weighted by atomic mass is 19.1. The van der Waals surface area contributed by atoms with Crippen LogP contribution in [0.15, 0.2) is 18.2 Å². The Hall–Kier alpha value is -1.09. The molecule has 0 amide bonds. The van der Waals surface area contributed by atoms with Crippen molar-refractivity contribution in [2.24, 2.45) is 5.73 Å². The second-order valence-corrected chi connectivity index (χ2v) is 3.59. The number of benzene rings is 1. The highest BCUT2D eigenvalue weighted by Crippen LogP contribution is 2.17. The van der Waals surface area contributed by atoms with Gasteiger partial charge in [0, 0.05) is 12.1 Å². The summed E-state index contributed by atoms with van der Waals surface area (Å²) < 4.78 is 18.6. The van der Waals surface area contributed by atoms with Gasteiger partial charge in [0.05, 0.1) is 0 Å². The lowest BCUT2D eigenvalue weighted by molar-refractivity contribution is 0.196. The molecule has 0 fully saturated rings. The summed E-state index contributed by atoms with van der Waals surface area (Å²) in [7, 11) is 0. The third-order valence-electron chi connectivity index (χ3n) is 2.21. The van der Waals surface area contributed by atoms with E-state index in [4.69, 9.17) is 10.5 Å². The lowest BCUT2D eigenvalue weighted by atomic mass is 10.2. The number of hydrogen-bond donors (Lipinski definition) is 1. The molecule has 0 aromatic heterocycles. The van der Waals surface area contributed by atoms with Crippen molar-refractivity contribution < 1.29 is 9.13 Å². The number of halogens is 1. The molecule has 0 radical (unpaired) electrons. The summed E-state index contributed by atoms with van der Waals surface area (Å²) in [5.41, 5.74) is 6.25. The van der Waals surface area contributed by atoms with Crippen molar-refractivity contribution in [2.45, 2.75) is 32.9 Å². The Morgan fingerprint density at radius 2 is 2.00 bits per heavy atom. The average Bonchev–Trinajstić information content (AvgIpc) is 2.11. The molecule has 0 spiro atoms. The zero-order valence-corrected chi connectivity index (χ0v) is 8.75. The molecular weight excluding hydrogens is 181 g/mol. The maximum Gasteiger partial charge on any atom is 0.129 e. The molecule has 0 aliphatic rings. The predicted molar refractivity (Wildman–Crippen MR) is 54.9 cm³/mol. The van der Waals surface area contributed by atoms with Crippen LogP contribution in [0.2, 0.25) is 0 Å². The van der Waals surface area contributed by atoms with Crippen molar-refractivity contribution in [3.8, 4) is 5.75 Å². The topological polar surface area (TPSA) is 35.2 Å². The molecule has 0 aliphatic carbocycles. The van der Waals surface area contributed by atoms with Crippen LogP contribution in [-0.4, -0.2) is 12.1 Å². The Morgan fingerprint density at radius 3 is 2.50 bits per heavy atom. The third kappa shape index (κ3) is 2.70. The summed E-state index contributed by atoms with van der Waals surface area (Å²) in [5, 5.41) is 0. The van der Waals surface area contributed by atoms with Crippen molar-refractivity contribution >= 4 is 0 Å². The van der Waals surface area contributed by atoms with Crippen LogP contribution in [0.4, 0.5) is 4.39 Å². The molecular formula is C11H16FNO. The van der Waals surface area contributed by atoms with Crippen LogP contribution in [0.5, 0.6) is 5.75 Å². The Bertz CT molecular complexity index is 312. The number of rotatable bonds is 3. The fourth-order valence-electron chi connectivity index (χ4n) is 0.969. The molecule has 2 unspecified atom stereocenters. The first kappa shape index (κ1) is 11.0. The first-order valence-corrected chi connectivity index (χ1v) is 4.69. The molecule has 78 valence electrons. The van der Waals surface area contributed by atoms with E-state index in [1.54, 1.807) is 19.1 Å². The van der Waals surface area contributed by atoms with Crippen molar-refractivity contribution in [1.29, 1.82) is 0 Å². The van der Waals surface area contributed by atoms with Gasteiger partial charge in [-0.05, 0) is 32.4 Å². The molecule has 3 heteroatoms. The zero-order chi connectivity index (χ0) is 10.7. The van der Waals surface area contributed by atoms with Gasteiger partial charge in [0.1, 0.15) is 17.7 Å². The first-order valence-electron chi connectivity index (χ1n) is 4.69. The van der Waals surface area contributed by atoms with Gasteiger partial charge < -0.3 is 10.5 Å². The van der Waals surface area contributed by atoms with Gasteiger partial charge in [-0.2, -0.15) is 0 Å². The molecule has 1 aromatic rings. The quantitative estimate of drug-likeness (QED) is 0.806. The summed E-state index contributed by atoms with van der Waals surface area (Å²) in [6, 6.07) is 4.75. The van der Waals surface area contributed by atoms with E-state index in [0.29, 0.717) is 11.3 Å². The number of aryl methyl sites for hydroxylation is 1. The number of hydrogen-bond acceptors (Lipinski definition) is 2. The predicted octanol–water partition coefficient (Wildman–Crippen LogP) is 2.25. The fraction of sp³-hybridized carbons (Fsp3) is 0.455. The van der Waals surface area contributed by atoms with Gasteiger partial charge in [0.25, 0.3) is 0 Å². The second-order valence-electron chi connectivity index (χ2n) is 3.59. The molecule has 0 saturated carbocycles. The van der Waals surface area contributed by atoms with Crippen LogP contribution in [0.1, 0.15) is 19.4 Å². The molecule has 1 rings (SSSR count). The SMILES string of the molecule is Cc1ccc(OC(C)C(C)N)cc1F. The van der Waals surface area contributed by atoms with Gasteiger partial charge in [-0.3, -0.25) is 0 Å². The Labute approximate surface area is 83.9 Å². The molecule has 14 heavy (non-hydrogen) atoms. The van der Waals surface area contributed by atoms with E-state index in [0.717, 1.165) is 0 Å². The van der Waals surface area contributed by atoms with Gasteiger partial charge in [-0.25, -0.2) is 4.39 Å². The summed E-state index contributed by atoms with van der Waals surface area (Å²) in [4.78, 5) is 0. The van der Waals surface area contributed by atoms with E-state index in [-0.39, 0.29) is 18.0 Å². The number of nitrogens with two attached hydrogens (primary N) is 1. The smallest absolute Gasteiger partial charge is 0.129 e. The highest BCUT2D eigenvalue weighted by Gasteiger charge is 2.09. The molecule has 2 nitrogen and oxygen atoms in total. The molecule has 0 bridgehead atoms. The van der Waals surface area contributed by atoms with Crippen LogP contribution in [0.3, 0.4) is 0 Å². The third-order valence-corrected chi connectivity index (χ3v) is 2.21.